The summed E-state index contributed by atoms with van der Waals surface area (Å²) in [6.07, 6.45) is 4.11. The molecule has 1 aromatic carbocycles. The molecule has 1 aliphatic heterocycles. The number of ether oxygens (including phenoxy) is 1. The summed E-state index contributed by atoms with van der Waals surface area (Å²) >= 11 is 1.56. The summed E-state index contributed by atoms with van der Waals surface area (Å²) in [7, 11) is 1.78. The number of thioether (sulfide) groups is 1. The number of benzene rings is 1. The number of hydrogen-bond donors (Lipinski definition) is 0. The lowest BCUT2D eigenvalue weighted by molar-refractivity contribution is -0.151. The third-order valence-electron chi connectivity index (χ3n) is 6.54. The molecule has 0 N–H and O–H groups in total. The van der Waals surface area contributed by atoms with Crippen LogP contribution in [-0.2, 0) is 27.8 Å². The molecule has 0 saturated carbocycles. The molecule has 2 heterocycles. The van der Waals surface area contributed by atoms with Crippen molar-refractivity contribution in [3.8, 4) is 0 Å². The first-order chi connectivity index (χ1) is 16.8. The Hall–Kier alpha value is -2.61. The van der Waals surface area contributed by atoms with E-state index in [1.54, 1.807) is 23.4 Å². The molecule has 0 spiro atoms. The first-order valence-corrected chi connectivity index (χ1v) is 13.5. The summed E-state index contributed by atoms with van der Waals surface area (Å²) in [4.78, 5) is 43.9. The van der Waals surface area contributed by atoms with Crippen molar-refractivity contribution in [2.24, 2.45) is 13.0 Å². The van der Waals surface area contributed by atoms with Crippen LogP contribution in [0.4, 0.5) is 0 Å². The molecule has 7 nitrogen and oxygen atoms in total. The Bertz CT molecular complexity index is 1070. The lowest BCUT2D eigenvalue weighted by Crippen LogP contribution is -2.40. The molecule has 190 valence electrons. The van der Waals surface area contributed by atoms with Crippen LogP contribution in [0.5, 0.6) is 0 Å². The number of carbonyl (C=O) groups excluding carboxylic acids is 2. The van der Waals surface area contributed by atoms with Gasteiger partial charge in [-0.05, 0) is 52.0 Å². The molecular formula is C27H37N3O4S. The molecule has 0 radical (unpaired) electrons. The first kappa shape index (κ1) is 27.0. The van der Waals surface area contributed by atoms with Crippen molar-refractivity contribution in [3.63, 3.8) is 0 Å². The second-order valence-corrected chi connectivity index (χ2v) is 10.3. The van der Waals surface area contributed by atoms with Gasteiger partial charge in [-0.1, -0.05) is 41.6 Å². The molecule has 1 aromatic heterocycles. The van der Waals surface area contributed by atoms with Crippen LogP contribution in [-0.4, -0.2) is 51.8 Å². The summed E-state index contributed by atoms with van der Waals surface area (Å²) in [6, 6.07) is 8.23. The number of nitrogens with zero attached hydrogens (tertiary/aromatic N) is 3. The smallest absolute Gasteiger partial charge is 0.309 e. The van der Waals surface area contributed by atoms with E-state index in [1.807, 2.05) is 25.7 Å². The number of likely N-dealkylation sites (tertiary alicyclic amines) is 1. The van der Waals surface area contributed by atoms with Crippen LogP contribution in [0, 0.1) is 19.8 Å². The van der Waals surface area contributed by atoms with Crippen LogP contribution < -0.4 is 5.56 Å². The Morgan fingerprint density at radius 1 is 1.11 bits per heavy atom. The zero-order chi connectivity index (χ0) is 25.4. The van der Waals surface area contributed by atoms with Gasteiger partial charge in [0.1, 0.15) is 0 Å². The van der Waals surface area contributed by atoms with Crippen LogP contribution in [0.1, 0.15) is 61.4 Å². The van der Waals surface area contributed by atoms with Crippen LogP contribution in [0.15, 0.2) is 34.2 Å². The number of rotatable bonds is 10. The van der Waals surface area contributed by atoms with Gasteiger partial charge in [0.2, 0.25) is 5.91 Å². The number of aryl methyl sites for hydroxylation is 2. The molecule has 2 aromatic rings. The monoisotopic (exact) mass is 499 g/mol. The second-order valence-electron chi connectivity index (χ2n) is 9.20. The van der Waals surface area contributed by atoms with Gasteiger partial charge < -0.3 is 9.64 Å². The second kappa shape index (κ2) is 12.9. The predicted octanol–water partition coefficient (Wildman–Crippen LogP) is 4.05. The number of unbranched alkanes of at least 4 members (excludes halogenated alkanes) is 1. The van der Waals surface area contributed by atoms with Crippen molar-refractivity contribution in [1.29, 1.82) is 0 Å². The van der Waals surface area contributed by atoms with Crippen LogP contribution in [0.25, 0.3) is 0 Å². The summed E-state index contributed by atoms with van der Waals surface area (Å²) in [6.45, 7) is 7.41. The van der Waals surface area contributed by atoms with Gasteiger partial charge in [-0.2, -0.15) is 0 Å². The molecule has 1 fully saturated rings. The molecule has 1 aliphatic rings. The fraction of sp³-hybridized carbons (Fsp3) is 0.556. The van der Waals surface area contributed by atoms with E-state index < -0.39 is 0 Å². The highest BCUT2D eigenvalue weighted by Crippen LogP contribution is 2.21. The number of aromatic nitrogens is 2. The van der Waals surface area contributed by atoms with E-state index in [0.717, 1.165) is 35.4 Å². The van der Waals surface area contributed by atoms with Crippen molar-refractivity contribution in [3.05, 3.63) is 57.0 Å². The maximum Gasteiger partial charge on any atom is 0.309 e. The quantitative estimate of drug-likeness (QED) is 0.212. The Labute approximate surface area is 212 Å². The highest BCUT2D eigenvalue weighted by molar-refractivity contribution is 7.99. The molecule has 0 unspecified atom stereocenters. The standard InChI is InChI=1S/C27H37N3O4S/c1-5-34-26(33)22-13-15-30(16-14-22)24(31)8-6-7-17-35-27-28-20(3)23(25(32)29(27)4)18-21-11-9-19(2)10-12-21/h9-12,22H,5-8,13-18H2,1-4H3. The average molecular weight is 500 g/mol. The van der Waals surface area contributed by atoms with Gasteiger partial charge in [0, 0.05) is 50.0 Å². The molecule has 35 heavy (non-hydrogen) atoms. The van der Waals surface area contributed by atoms with Crippen molar-refractivity contribution < 1.29 is 14.3 Å². The van der Waals surface area contributed by atoms with Gasteiger partial charge in [-0.25, -0.2) is 4.98 Å². The van der Waals surface area contributed by atoms with Crippen molar-refractivity contribution in [2.75, 3.05) is 25.4 Å². The van der Waals surface area contributed by atoms with E-state index in [0.29, 0.717) is 50.5 Å². The first-order valence-electron chi connectivity index (χ1n) is 12.5. The summed E-state index contributed by atoms with van der Waals surface area (Å²) in [5, 5.41) is 0.715. The number of amides is 1. The third-order valence-corrected chi connectivity index (χ3v) is 7.65. The van der Waals surface area contributed by atoms with Gasteiger partial charge in [-0.15, -0.1) is 0 Å². The topological polar surface area (TPSA) is 81.5 Å². The minimum absolute atomic E-state index is 0.00183. The van der Waals surface area contributed by atoms with Crippen LogP contribution >= 0.6 is 11.8 Å². The lowest BCUT2D eigenvalue weighted by Gasteiger charge is -2.31. The van der Waals surface area contributed by atoms with Crippen molar-refractivity contribution in [1.82, 2.24) is 14.5 Å². The Kier molecular flexibility index (Phi) is 9.95. The largest absolute Gasteiger partial charge is 0.466 e. The number of piperidine rings is 1. The predicted molar refractivity (Wildman–Crippen MR) is 139 cm³/mol. The van der Waals surface area contributed by atoms with Crippen LogP contribution in [0.3, 0.4) is 0 Å². The highest BCUT2D eigenvalue weighted by atomic mass is 32.2. The molecule has 1 saturated heterocycles. The SMILES string of the molecule is CCOC(=O)C1CCN(C(=O)CCCCSc2nc(C)c(Cc3ccc(C)cc3)c(=O)n2C)CC1. The minimum Gasteiger partial charge on any atom is -0.466 e. The third kappa shape index (κ3) is 7.43. The Balaban J connectivity index is 1.43. The maximum atomic E-state index is 13.0. The van der Waals surface area contributed by atoms with Gasteiger partial charge in [0.05, 0.1) is 12.5 Å². The number of esters is 1. The van der Waals surface area contributed by atoms with E-state index in [4.69, 9.17) is 9.72 Å². The van der Waals surface area contributed by atoms with Gasteiger partial charge >= 0.3 is 5.97 Å². The van der Waals surface area contributed by atoms with E-state index in [-0.39, 0.29) is 23.4 Å². The van der Waals surface area contributed by atoms with E-state index >= 15 is 0 Å². The molecule has 8 heteroatoms. The molecular weight excluding hydrogens is 462 g/mol. The molecule has 0 aliphatic carbocycles. The fourth-order valence-electron chi connectivity index (χ4n) is 4.30. The average Bonchev–Trinajstić information content (AvgIpc) is 2.85. The van der Waals surface area contributed by atoms with Crippen LogP contribution in [0.2, 0.25) is 0 Å². The molecule has 0 atom stereocenters. The van der Waals surface area contributed by atoms with E-state index in [9.17, 15) is 14.4 Å². The summed E-state index contributed by atoms with van der Waals surface area (Å²) in [5.41, 5.74) is 3.81. The lowest BCUT2D eigenvalue weighted by atomic mass is 9.96. The molecule has 1 amide bonds. The number of carbonyl (C=O) groups is 2. The normalized spacial score (nSPS) is 14.2. The molecule has 0 bridgehead atoms. The minimum atomic E-state index is -0.141. The van der Waals surface area contributed by atoms with Crippen molar-refractivity contribution >= 4 is 23.6 Å². The zero-order valence-electron chi connectivity index (χ0n) is 21.3. The van der Waals surface area contributed by atoms with Gasteiger partial charge in [0.25, 0.3) is 5.56 Å². The fourth-order valence-corrected chi connectivity index (χ4v) is 5.31. The van der Waals surface area contributed by atoms with Gasteiger partial charge in [0.15, 0.2) is 5.16 Å². The van der Waals surface area contributed by atoms with Gasteiger partial charge in [-0.3, -0.25) is 19.0 Å². The number of hydrogen-bond acceptors (Lipinski definition) is 6. The van der Waals surface area contributed by atoms with E-state index in [2.05, 4.69) is 24.3 Å². The summed E-state index contributed by atoms with van der Waals surface area (Å²) < 4.78 is 6.73. The van der Waals surface area contributed by atoms with E-state index in [1.165, 1.54) is 5.56 Å². The zero-order valence-corrected chi connectivity index (χ0v) is 22.2. The van der Waals surface area contributed by atoms with Crippen molar-refractivity contribution in [2.45, 2.75) is 64.5 Å². The maximum absolute atomic E-state index is 13.0. The summed E-state index contributed by atoms with van der Waals surface area (Å²) in [5.74, 6) is 0.730. The molecule has 3 rings (SSSR count). The highest BCUT2D eigenvalue weighted by Gasteiger charge is 2.27. The Morgan fingerprint density at radius 3 is 2.46 bits per heavy atom. The Morgan fingerprint density at radius 2 is 1.80 bits per heavy atom.